The topological polar surface area (TPSA) is 79.9 Å². The van der Waals surface area contributed by atoms with Crippen molar-refractivity contribution in [2.45, 2.75) is 123 Å². The summed E-state index contributed by atoms with van der Waals surface area (Å²) >= 11 is 0. The number of ether oxygens (including phenoxy) is 2. The summed E-state index contributed by atoms with van der Waals surface area (Å²) in [4.78, 5) is 26.9. The number of hydrogen-bond acceptors (Lipinski definition) is 5. The molecule has 2 amide bonds. The number of hydrogen-bond donors (Lipinski definition) is 2. The number of piperidine rings is 1. The molecule has 1 aliphatic heterocycles. The molecule has 4 unspecified atom stereocenters. The summed E-state index contributed by atoms with van der Waals surface area (Å²) in [7, 11) is 0. The predicted molar refractivity (Wildman–Crippen MR) is 123 cm³/mol. The summed E-state index contributed by atoms with van der Waals surface area (Å²) in [5.41, 5.74) is -0.982. The van der Waals surface area contributed by atoms with E-state index in [1.807, 2.05) is 53.4 Å². The molecule has 180 valence electrons. The Kier molecular flexibility index (Phi) is 9.04. The predicted octanol–water partition coefficient (Wildman–Crippen LogP) is 4.84. The molecule has 2 aliphatic rings. The SMILES string of the molecule is CC(CNC1CCCCC1C1CCCCN1C(=O)OC(C)(C)C)NC(=O)OC(C)(C)C. The van der Waals surface area contributed by atoms with E-state index in [-0.39, 0.29) is 24.3 Å². The normalized spacial score (nSPS) is 26.2. The summed E-state index contributed by atoms with van der Waals surface area (Å²) in [5.74, 6) is 0.412. The molecule has 2 fully saturated rings. The minimum atomic E-state index is -0.502. The zero-order valence-corrected chi connectivity index (χ0v) is 20.8. The highest BCUT2D eigenvalue weighted by Gasteiger charge is 2.39. The van der Waals surface area contributed by atoms with Crippen LogP contribution in [0.2, 0.25) is 0 Å². The third-order valence-electron chi connectivity index (χ3n) is 5.94. The molecule has 2 N–H and O–H groups in total. The van der Waals surface area contributed by atoms with Gasteiger partial charge in [-0.15, -0.1) is 0 Å². The Hall–Kier alpha value is -1.50. The molecule has 1 heterocycles. The van der Waals surface area contributed by atoms with Gasteiger partial charge in [0, 0.05) is 31.2 Å². The highest BCUT2D eigenvalue weighted by molar-refractivity contribution is 5.69. The van der Waals surface area contributed by atoms with Crippen LogP contribution >= 0.6 is 0 Å². The third-order valence-corrected chi connectivity index (χ3v) is 5.94. The van der Waals surface area contributed by atoms with Crippen molar-refractivity contribution in [2.24, 2.45) is 5.92 Å². The second-order valence-corrected chi connectivity index (χ2v) is 11.2. The van der Waals surface area contributed by atoms with Gasteiger partial charge in [0.2, 0.25) is 0 Å². The van der Waals surface area contributed by atoms with E-state index in [0.717, 1.165) is 38.6 Å². The van der Waals surface area contributed by atoms with Crippen LogP contribution in [-0.4, -0.2) is 59.5 Å². The fourth-order valence-electron chi connectivity index (χ4n) is 4.71. The zero-order valence-electron chi connectivity index (χ0n) is 20.8. The standard InChI is InChI=1S/C24H45N3O4/c1-17(26-21(28)30-23(2,3)4)16-25-19-13-9-8-12-18(19)20-14-10-11-15-27(20)22(29)31-24(5,6)7/h17-20,25H,8-16H2,1-7H3,(H,26,28). The maximum absolute atomic E-state index is 12.9. The molecule has 0 aromatic carbocycles. The van der Waals surface area contributed by atoms with E-state index in [2.05, 4.69) is 10.6 Å². The number of nitrogens with one attached hydrogen (secondary N) is 2. The Bertz CT molecular complexity index is 597. The Morgan fingerprint density at radius 2 is 1.55 bits per heavy atom. The average Bonchev–Trinajstić information content (AvgIpc) is 2.63. The summed E-state index contributed by atoms with van der Waals surface area (Å²) < 4.78 is 11.1. The van der Waals surface area contributed by atoms with Gasteiger partial charge in [0.15, 0.2) is 0 Å². The Balaban J connectivity index is 1.97. The van der Waals surface area contributed by atoms with Crippen LogP contribution in [0.3, 0.4) is 0 Å². The van der Waals surface area contributed by atoms with Gasteiger partial charge < -0.3 is 25.0 Å². The molecule has 2 rings (SSSR count). The van der Waals surface area contributed by atoms with E-state index in [9.17, 15) is 9.59 Å². The molecule has 31 heavy (non-hydrogen) atoms. The Morgan fingerprint density at radius 3 is 2.19 bits per heavy atom. The van der Waals surface area contributed by atoms with Crippen LogP contribution in [0.15, 0.2) is 0 Å². The average molecular weight is 440 g/mol. The fraction of sp³-hybridized carbons (Fsp3) is 0.917. The summed E-state index contributed by atoms with van der Waals surface area (Å²) in [6.07, 6.45) is 7.29. The molecule has 0 bridgehead atoms. The van der Waals surface area contributed by atoms with Gasteiger partial charge in [-0.1, -0.05) is 12.8 Å². The minimum absolute atomic E-state index is 0.0364. The molecule has 1 saturated carbocycles. The monoisotopic (exact) mass is 439 g/mol. The van der Waals surface area contributed by atoms with E-state index in [4.69, 9.17) is 9.47 Å². The third kappa shape index (κ3) is 8.87. The van der Waals surface area contributed by atoms with E-state index in [1.54, 1.807) is 0 Å². The molecule has 0 spiro atoms. The van der Waals surface area contributed by atoms with E-state index in [1.165, 1.54) is 12.8 Å². The fourth-order valence-corrected chi connectivity index (χ4v) is 4.71. The lowest BCUT2D eigenvalue weighted by atomic mass is 9.76. The molecule has 7 nitrogen and oxygen atoms in total. The zero-order chi connectivity index (χ0) is 23.2. The first-order chi connectivity index (χ1) is 14.4. The largest absolute Gasteiger partial charge is 0.444 e. The van der Waals surface area contributed by atoms with Gasteiger partial charge in [-0.2, -0.15) is 0 Å². The lowest BCUT2D eigenvalue weighted by Crippen LogP contribution is -2.56. The maximum Gasteiger partial charge on any atom is 0.410 e. The van der Waals surface area contributed by atoms with Crippen molar-refractivity contribution in [3.63, 3.8) is 0 Å². The first kappa shape index (κ1) is 25.8. The van der Waals surface area contributed by atoms with E-state index < -0.39 is 11.2 Å². The van der Waals surface area contributed by atoms with Crippen LogP contribution < -0.4 is 10.6 Å². The van der Waals surface area contributed by atoms with Crippen LogP contribution in [0, 0.1) is 5.92 Å². The van der Waals surface area contributed by atoms with Crippen molar-refractivity contribution < 1.29 is 19.1 Å². The summed E-state index contributed by atoms with van der Waals surface area (Å²) in [6, 6.07) is 0.519. The van der Waals surface area contributed by atoms with Crippen molar-refractivity contribution in [1.82, 2.24) is 15.5 Å². The molecule has 0 aromatic heterocycles. The molecular formula is C24H45N3O4. The Labute approximate surface area is 189 Å². The second-order valence-electron chi connectivity index (χ2n) is 11.2. The molecule has 0 radical (unpaired) electrons. The van der Waals surface area contributed by atoms with Gasteiger partial charge in [-0.25, -0.2) is 9.59 Å². The number of rotatable bonds is 5. The van der Waals surface area contributed by atoms with E-state index in [0.29, 0.717) is 18.5 Å². The van der Waals surface area contributed by atoms with Gasteiger partial charge in [-0.3, -0.25) is 0 Å². The number of alkyl carbamates (subject to hydrolysis) is 1. The van der Waals surface area contributed by atoms with Crippen LogP contribution in [0.5, 0.6) is 0 Å². The van der Waals surface area contributed by atoms with Crippen LogP contribution in [0.25, 0.3) is 0 Å². The molecule has 1 aliphatic carbocycles. The highest BCUT2D eigenvalue weighted by atomic mass is 16.6. The molecule has 1 saturated heterocycles. The van der Waals surface area contributed by atoms with Crippen molar-refractivity contribution in [1.29, 1.82) is 0 Å². The highest BCUT2D eigenvalue weighted by Crippen LogP contribution is 2.35. The van der Waals surface area contributed by atoms with Crippen LogP contribution in [-0.2, 0) is 9.47 Å². The quantitative estimate of drug-likeness (QED) is 0.641. The Morgan fingerprint density at radius 1 is 0.935 bits per heavy atom. The van der Waals surface area contributed by atoms with Crippen molar-refractivity contribution in [3.05, 3.63) is 0 Å². The summed E-state index contributed by atoms with van der Waals surface area (Å²) in [6.45, 7) is 14.8. The van der Waals surface area contributed by atoms with E-state index >= 15 is 0 Å². The summed E-state index contributed by atoms with van der Waals surface area (Å²) in [5, 5.41) is 6.61. The van der Waals surface area contributed by atoms with Gasteiger partial charge >= 0.3 is 12.2 Å². The van der Waals surface area contributed by atoms with Gasteiger partial charge in [0.05, 0.1) is 0 Å². The number of nitrogens with zero attached hydrogens (tertiary/aromatic N) is 1. The number of amides is 2. The molecule has 0 aromatic rings. The number of carbonyl (C=O) groups is 2. The van der Waals surface area contributed by atoms with Gasteiger partial charge in [-0.05, 0) is 86.5 Å². The van der Waals surface area contributed by atoms with Gasteiger partial charge in [0.1, 0.15) is 11.2 Å². The first-order valence-corrected chi connectivity index (χ1v) is 12.1. The lowest BCUT2D eigenvalue weighted by molar-refractivity contribution is -0.00545. The number of likely N-dealkylation sites (tertiary alicyclic amines) is 1. The van der Waals surface area contributed by atoms with Crippen LogP contribution in [0.4, 0.5) is 9.59 Å². The smallest absolute Gasteiger partial charge is 0.410 e. The second kappa shape index (κ2) is 10.9. The molecule has 4 atom stereocenters. The molecule has 7 heteroatoms. The first-order valence-electron chi connectivity index (χ1n) is 12.1. The van der Waals surface area contributed by atoms with Crippen molar-refractivity contribution in [2.75, 3.05) is 13.1 Å². The minimum Gasteiger partial charge on any atom is -0.444 e. The number of carbonyl (C=O) groups excluding carboxylic acids is 2. The van der Waals surface area contributed by atoms with Gasteiger partial charge in [0.25, 0.3) is 0 Å². The molecular weight excluding hydrogens is 394 g/mol. The van der Waals surface area contributed by atoms with Crippen molar-refractivity contribution >= 4 is 12.2 Å². The van der Waals surface area contributed by atoms with Crippen molar-refractivity contribution in [3.8, 4) is 0 Å². The maximum atomic E-state index is 12.9. The lowest BCUT2D eigenvalue weighted by Gasteiger charge is -2.45. The van der Waals surface area contributed by atoms with Crippen LogP contribution in [0.1, 0.15) is 93.4 Å².